The Hall–Kier alpha value is -2.04. The van der Waals surface area contributed by atoms with E-state index in [1.165, 1.54) is 11.1 Å². The molecule has 5 nitrogen and oxygen atoms in total. The molecule has 0 saturated heterocycles. The summed E-state index contributed by atoms with van der Waals surface area (Å²) in [6, 6.07) is 8.09. The lowest BCUT2D eigenvalue weighted by Gasteiger charge is -2.20. The molecule has 0 fully saturated rings. The van der Waals surface area contributed by atoms with Crippen molar-refractivity contribution in [3.63, 3.8) is 0 Å². The van der Waals surface area contributed by atoms with Crippen molar-refractivity contribution in [1.82, 2.24) is 4.90 Å². The highest BCUT2D eigenvalue weighted by molar-refractivity contribution is 5.81. The molecule has 110 valence electrons. The quantitative estimate of drug-likeness (QED) is 0.346. The van der Waals surface area contributed by atoms with E-state index in [1.807, 2.05) is 19.1 Å². The van der Waals surface area contributed by atoms with Crippen LogP contribution in [0.1, 0.15) is 30.9 Å². The fourth-order valence-corrected chi connectivity index (χ4v) is 2.05. The van der Waals surface area contributed by atoms with E-state index in [4.69, 9.17) is 10.9 Å². The number of carbonyl (C=O) groups excluding carboxylic acids is 1. The van der Waals surface area contributed by atoms with Crippen LogP contribution < -0.4 is 5.73 Å². The van der Waals surface area contributed by atoms with E-state index >= 15 is 0 Å². The van der Waals surface area contributed by atoms with Crippen molar-refractivity contribution in [3.8, 4) is 0 Å². The summed E-state index contributed by atoms with van der Waals surface area (Å²) in [5, 5.41) is 11.4. The van der Waals surface area contributed by atoms with Gasteiger partial charge in [0, 0.05) is 25.9 Å². The molecule has 0 aromatic heterocycles. The van der Waals surface area contributed by atoms with Crippen LogP contribution in [0.3, 0.4) is 0 Å². The summed E-state index contributed by atoms with van der Waals surface area (Å²) in [7, 11) is 0. The van der Waals surface area contributed by atoms with Crippen LogP contribution in [0.2, 0.25) is 0 Å². The van der Waals surface area contributed by atoms with Gasteiger partial charge in [-0.05, 0) is 31.4 Å². The van der Waals surface area contributed by atoms with Crippen molar-refractivity contribution in [2.45, 2.75) is 33.1 Å². The first kappa shape index (κ1) is 16.0. The Morgan fingerprint density at radius 1 is 1.35 bits per heavy atom. The summed E-state index contributed by atoms with van der Waals surface area (Å²) in [4.78, 5) is 13.9. The Morgan fingerprint density at radius 2 is 2.05 bits per heavy atom. The maximum Gasteiger partial charge on any atom is 0.222 e. The summed E-state index contributed by atoms with van der Waals surface area (Å²) in [5.41, 5.74) is 7.83. The van der Waals surface area contributed by atoms with E-state index in [9.17, 15) is 4.79 Å². The minimum absolute atomic E-state index is 0.0986. The summed E-state index contributed by atoms with van der Waals surface area (Å²) < 4.78 is 0. The molecule has 1 aromatic rings. The van der Waals surface area contributed by atoms with Gasteiger partial charge in [-0.25, -0.2) is 0 Å². The van der Waals surface area contributed by atoms with E-state index in [-0.39, 0.29) is 11.7 Å². The summed E-state index contributed by atoms with van der Waals surface area (Å²) >= 11 is 0. The van der Waals surface area contributed by atoms with E-state index < -0.39 is 0 Å². The average Bonchev–Trinajstić information content (AvgIpc) is 2.46. The molecule has 1 amide bonds. The first-order chi connectivity index (χ1) is 9.58. The van der Waals surface area contributed by atoms with E-state index in [2.05, 4.69) is 24.2 Å². The van der Waals surface area contributed by atoms with E-state index in [1.54, 1.807) is 4.90 Å². The maximum absolute atomic E-state index is 12.1. The van der Waals surface area contributed by atoms with Crippen LogP contribution in [0.25, 0.3) is 0 Å². The molecule has 0 radical (unpaired) electrons. The fraction of sp³-hybridized carbons (Fsp3) is 0.467. The third kappa shape index (κ3) is 4.91. The molecule has 0 aliphatic rings. The molecule has 0 saturated carbocycles. The van der Waals surface area contributed by atoms with Crippen LogP contribution in [-0.4, -0.2) is 34.9 Å². The first-order valence-corrected chi connectivity index (χ1v) is 6.87. The number of aryl methyl sites for hydroxylation is 2. The molecule has 20 heavy (non-hydrogen) atoms. The van der Waals surface area contributed by atoms with Gasteiger partial charge in [-0.15, -0.1) is 0 Å². The highest BCUT2D eigenvalue weighted by atomic mass is 16.4. The van der Waals surface area contributed by atoms with Crippen molar-refractivity contribution in [2.75, 3.05) is 13.1 Å². The van der Waals surface area contributed by atoms with Gasteiger partial charge in [-0.3, -0.25) is 4.79 Å². The van der Waals surface area contributed by atoms with Gasteiger partial charge in [-0.1, -0.05) is 29.4 Å². The molecule has 1 rings (SSSR count). The zero-order valence-corrected chi connectivity index (χ0v) is 12.2. The van der Waals surface area contributed by atoms with Crippen molar-refractivity contribution in [2.24, 2.45) is 10.9 Å². The molecule has 0 unspecified atom stereocenters. The Morgan fingerprint density at radius 3 is 2.65 bits per heavy atom. The standard InChI is InChI=1S/C15H23N3O2/c1-3-18(11-10-14(16)17-20)15(19)9-8-13-7-5-4-6-12(13)2/h4-7,20H,3,8-11H2,1-2H3,(H2,16,17). The fourth-order valence-electron chi connectivity index (χ4n) is 2.05. The van der Waals surface area contributed by atoms with Gasteiger partial charge in [0.05, 0.1) is 0 Å². The number of hydrogen-bond acceptors (Lipinski definition) is 3. The molecule has 3 N–H and O–H groups in total. The van der Waals surface area contributed by atoms with Gasteiger partial charge in [0.1, 0.15) is 5.84 Å². The van der Waals surface area contributed by atoms with Gasteiger partial charge in [0.2, 0.25) is 5.91 Å². The molecule has 0 bridgehead atoms. The number of rotatable bonds is 7. The Balaban J connectivity index is 2.49. The van der Waals surface area contributed by atoms with Crippen LogP contribution >= 0.6 is 0 Å². The topological polar surface area (TPSA) is 78.9 Å². The normalized spacial score (nSPS) is 11.4. The second-order valence-electron chi connectivity index (χ2n) is 4.74. The van der Waals surface area contributed by atoms with E-state index in [0.29, 0.717) is 25.9 Å². The van der Waals surface area contributed by atoms with Crippen LogP contribution in [0, 0.1) is 6.92 Å². The second kappa shape index (κ2) is 8.19. The molecular formula is C15H23N3O2. The Bertz CT molecular complexity index is 472. The summed E-state index contributed by atoms with van der Waals surface area (Å²) in [5.74, 6) is 0.247. The minimum atomic E-state index is 0.0986. The summed E-state index contributed by atoms with van der Waals surface area (Å²) in [6.07, 6.45) is 1.61. The van der Waals surface area contributed by atoms with E-state index in [0.717, 1.165) is 6.42 Å². The van der Waals surface area contributed by atoms with Crippen LogP contribution in [0.15, 0.2) is 29.4 Å². The van der Waals surface area contributed by atoms with Crippen LogP contribution in [-0.2, 0) is 11.2 Å². The highest BCUT2D eigenvalue weighted by Gasteiger charge is 2.12. The number of oxime groups is 1. The number of amidine groups is 1. The zero-order valence-electron chi connectivity index (χ0n) is 12.2. The largest absolute Gasteiger partial charge is 0.409 e. The number of benzene rings is 1. The molecule has 5 heteroatoms. The second-order valence-corrected chi connectivity index (χ2v) is 4.74. The minimum Gasteiger partial charge on any atom is -0.409 e. The molecule has 1 aromatic carbocycles. The lowest BCUT2D eigenvalue weighted by Crippen LogP contribution is -2.34. The summed E-state index contributed by atoms with van der Waals surface area (Å²) in [6.45, 7) is 5.10. The Labute approximate surface area is 120 Å². The zero-order chi connectivity index (χ0) is 15.0. The lowest BCUT2D eigenvalue weighted by atomic mass is 10.0. The van der Waals surface area contributed by atoms with Crippen molar-refractivity contribution >= 4 is 11.7 Å². The SMILES string of the molecule is CCN(CCC(N)=NO)C(=O)CCc1ccccc1C. The predicted octanol–water partition coefficient (Wildman–Crippen LogP) is 1.91. The smallest absolute Gasteiger partial charge is 0.222 e. The van der Waals surface area contributed by atoms with Gasteiger partial charge in [-0.2, -0.15) is 0 Å². The van der Waals surface area contributed by atoms with Crippen LogP contribution in [0.5, 0.6) is 0 Å². The third-order valence-corrected chi connectivity index (χ3v) is 3.37. The first-order valence-electron chi connectivity index (χ1n) is 6.87. The third-order valence-electron chi connectivity index (χ3n) is 3.37. The molecule has 0 heterocycles. The molecule has 0 aliphatic carbocycles. The average molecular weight is 277 g/mol. The number of nitrogens with two attached hydrogens (primary N) is 1. The Kier molecular flexibility index (Phi) is 6.56. The van der Waals surface area contributed by atoms with Gasteiger partial charge in [0.15, 0.2) is 0 Å². The van der Waals surface area contributed by atoms with Crippen molar-refractivity contribution < 1.29 is 10.0 Å². The van der Waals surface area contributed by atoms with Crippen LogP contribution in [0.4, 0.5) is 0 Å². The number of hydrogen-bond donors (Lipinski definition) is 2. The highest BCUT2D eigenvalue weighted by Crippen LogP contribution is 2.10. The lowest BCUT2D eigenvalue weighted by molar-refractivity contribution is -0.130. The monoisotopic (exact) mass is 277 g/mol. The van der Waals surface area contributed by atoms with Crippen molar-refractivity contribution in [3.05, 3.63) is 35.4 Å². The maximum atomic E-state index is 12.1. The predicted molar refractivity (Wildman–Crippen MR) is 79.8 cm³/mol. The van der Waals surface area contributed by atoms with Gasteiger partial charge >= 0.3 is 0 Å². The van der Waals surface area contributed by atoms with Gasteiger partial charge < -0.3 is 15.8 Å². The molecule has 0 atom stereocenters. The number of carbonyl (C=O) groups is 1. The number of nitrogens with zero attached hydrogens (tertiary/aromatic N) is 2. The van der Waals surface area contributed by atoms with Crippen molar-refractivity contribution in [1.29, 1.82) is 0 Å². The molecular weight excluding hydrogens is 254 g/mol. The van der Waals surface area contributed by atoms with Gasteiger partial charge in [0.25, 0.3) is 0 Å². The molecule has 0 spiro atoms. The molecule has 0 aliphatic heterocycles. The number of amides is 1.